The van der Waals surface area contributed by atoms with Crippen molar-refractivity contribution >= 4 is 21.9 Å². The van der Waals surface area contributed by atoms with Crippen molar-refractivity contribution in [3.05, 3.63) is 29.8 Å². The van der Waals surface area contributed by atoms with E-state index in [2.05, 4.69) is 4.72 Å². The number of carbonyl (C=O) groups is 1. The van der Waals surface area contributed by atoms with E-state index < -0.39 is 22.1 Å². The van der Waals surface area contributed by atoms with Crippen LogP contribution in [0.1, 0.15) is 18.4 Å². The summed E-state index contributed by atoms with van der Waals surface area (Å²) in [5.41, 5.74) is 1.44. The van der Waals surface area contributed by atoms with Crippen molar-refractivity contribution in [2.75, 3.05) is 17.8 Å². The van der Waals surface area contributed by atoms with Gasteiger partial charge >= 0.3 is 16.2 Å². The van der Waals surface area contributed by atoms with E-state index in [9.17, 15) is 13.2 Å². The Kier molecular flexibility index (Phi) is 4.29. The third-order valence-electron chi connectivity index (χ3n) is 3.34. The number of benzene rings is 1. The first kappa shape index (κ1) is 14.8. The SMILES string of the molecule is Cc1cccc(NS(=O)(=O)N2CCCC(C(=O)O)C2)c1. The fraction of sp³-hybridized carbons (Fsp3) is 0.462. The third kappa shape index (κ3) is 3.49. The topological polar surface area (TPSA) is 86.7 Å². The molecule has 110 valence electrons. The summed E-state index contributed by atoms with van der Waals surface area (Å²) in [5, 5.41) is 9.01. The molecule has 0 aliphatic carbocycles. The van der Waals surface area contributed by atoms with Crippen molar-refractivity contribution in [3.8, 4) is 0 Å². The van der Waals surface area contributed by atoms with E-state index in [1.807, 2.05) is 13.0 Å². The number of nitrogens with zero attached hydrogens (tertiary/aromatic N) is 1. The average molecular weight is 298 g/mol. The van der Waals surface area contributed by atoms with Crippen LogP contribution in [0.4, 0.5) is 5.69 Å². The maximum atomic E-state index is 12.3. The molecule has 0 bridgehead atoms. The predicted octanol–water partition coefficient (Wildman–Crippen LogP) is 1.45. The van der Waals surface area contributed by atoms with Gasteiger partial charge in [-0.05, 0) is 37.5 Å². The first-order valence-electron chi connectivity index (χ1n) is 6.46. The summed E-state index contributed by atoms with van der Waals surface area (Å²) in [7, 11) is -3.70. The molecule has 2 rings (SSSR count). The van der Waals surface area contributed by atoms with Crippen molar-refractivity contribution in [3.63, 3.8) is 0 Å². The van der Waals surface area contributed by atoms with Crippen LogP contribution in [0, 0.1) is 12.8 Å². The van der Waals surface area contributed by atoms with E-state index in [4.69, 9.17) is 5.11 Å². The highest BCUT2D eigenvalue weighted by Crippen LogP contribution is 2.21. The molecule has 6 nitrogen and oxygen atoms in total. The Labute approximate surface area is 118 Å². The lowest BCUT2D eigenvalue weighted by atomic mass is 10.0. The molecule has 1 aromatic carbocycles. The lowest BCUT2D eigenvalue weighted by molar-refractivity contribution is -0.142. The van der Waals surface area contributed by atoms with Crippen molar-refractivity contribution in [2.24, 2.45) is 5.92 Å². The minimum atomic E-state index is -3.70. The summed E-state index contributed by atoms with van der Waals surface area (Å²) in [6.45, 7) is 2.25. The average Bonchev–Trinajstić information content (AvgIpc) is 2.38. The second-order valence-electron chi connectivity index (χ2n) is 5.01. The number of aliphatic carboxylic acids is 1. The monoisotopic (exact) mass is 298 g/mol. The Balaban J connectivity index is 2.12. The van der Waals surface area contributed by atoms with Crippen LogP contribution in [0.15, 0.2) is 24.3 Å². The summed E-state index contributed by atoms with van der Waals surface area (Å²) in [6.07, 6.45) is 1.08. The van der Waals surface area contributed by atoms with Crippen LogP contribution in [0.25, 0.3) is 0 Å². The highest BCUT2D eigenvalue weighted by molar-refractivity contribution is 7.90. The van der Waals surface area contributed by atoms with Crippen molar-refractivity contribution in [2.45, 2.75) is 19.8 Å². The number of hydrogen-bond acceptors (Lipinski definition) is 3. The molecule has 2 N–H and O–H groups in total. The minimum Gasteiger partial charge on any atom is -0.481 e. The smallest absolute Gasteiger partial charge is 0.307 e. The molecule has 1 unspecified atom stereocenters. The van der Waals surface area contributed by atoms with Crippen LogP contribution < -0.4 is 4.72 Å². The molecule has 1 aliphatic rings. The molecule has 20 heavy (non-hydrogen) atoms. The fourth-order valence-corrected chi connectivity index (χ4v) is 3.58. The Bertz CT molecular complexity index is 600. The zero-order valence-corrected chi connectivity index (χ0v) is 12.1. The molecule has 0 spiro atoms. The Morgan fingerprint density at radius 3 is 2.85 bits per heavy atom. The van der Waals surface area contributed by atoms with Gasteiger partial charge in [0.15, 0.2) is 0 Å². The number of rotatable bonds is 4. The van der Waals surface area contributed by atoms with E-state index >= 15 is 0 Å². The largest absolute Gasteiger partial charge is 0.481 e. The van der Waals surface area contributed by atoms with E-state index in [1.165, 1.54) is 4.31 Å². The maximum absolute atomic E-state index is 12.3. The quantitative estimate of drug-likeness (QED) is 0.880. The fourth-order valence-electron chi connectivity index (χ4n) is 2.28. The normalized spacial score (nSPS) is 20.6. The van der Waals surface area contributed by atoms with Crippen molar-refractivity contribution in [1.82, 2.24) is 4.31 Å². The summed E-state index contributed by atoms with van der Waals surface area (Å²) >= 11 is 0. The number of hydrogen-bond donors (Lipinski definition) is 2. The summed E-state index contributed by atoms with van der Waals surface area (Å²) < 4.78 is 28.2. The number of aryl methyl sites for hydroxylation is 1. The minimum absolute atomic E-state index is 0.0243. The zero-order chi connectivity index (χ0) is 14.8. The summed E-state index contributed by atoms with van der Waals surface area (Å²) in [4.78, 5) is 11.0. The molecule has 0 radical (unpaired) electrons. The van der Waals surface area contributed by atoms with Crippen LogP contribution in [0.3, 0.4) is 0 Å². The Hall–Kier alpha value is -1.60. The molecule has 0 saturated carbocycles. The first-order chi connectivity index (χ1) is 9.38. The van der Waals surface area contributed by atoms with Crippen molar-refractivity contribution < 1.29 is 18.3 Å². The van der Waals surface area contributed by atoms with Gasteiger partial charge in [-0.2, -0.15) is 12.7 Å². The first-order valence-corrected chi connectivity index (χ1v) is 7.90. The maximum Gasteiger partial charge on any atom is 0.307 e. The van der Waals surface area contributed by atoms with E-state index in [0.717, 1.165) is 5.56 Å². The van der Waals surface area contributed by atoms with Gasteiger partial charge in [-0.25, -0.2) is 0 Å². The lowest BCUT2D eigenvalue weighted by Crippen LogP contribution is -2.44. The van der Waals surface area contributed by atoms with Crippen LogP contribution in [0.2, 0.25) is 0 Å². The second-order valence-corrected chi connectivity index (χ2v) is 6.68. The molecule has 1 atom stereocenters. The second kappa shape index (κ2) is 5.80. The molecule has 1 aromatic rings. The third-order valence-corrected chi connectivity index (χ3v) is 4.84. The Morgan fingerprint density at radius 2 is 2.20 bits per heavy atom. The molecule has 1 aliphatic heterocycles. The number of carboxylic acid groups (broad SMARTS) is 1. The summed E-state index contributed by atoms with van der Waals surface area (Å²) in [5.74, 6) is -1.57. The molecular formula is C13H18N2O4S. The number of piperidine rings is 1. The standard InChI is InChI=1S/C13H18N2O4S/c1-10-4-2-6-12(8-10)14-20(18,19)15-7-3-5-11(9-15)13(16)17/h2,4,6,8,11,14H,3,5,7,9H2,1H3,(H,16,17). The van der Waals surface area contributed by atoms with Gasteiger partial charge in [-0.15, -0.1) is 0 Å². The van der Waals surface area contributed by atoms with Gasteiger partial charge in [0.05, 0.1) is 11.6 Å². The molecule has 0 amide bonds. The molecule has 0 aromatic heterocycles. The van der Waals surface area contributed by atoms with E-state index in [1.54, 1.807) is 18.2 Å². The predicted molar refractivity (Wildman–Crippen MR) is 75.7 cm³/mol. The van der Waals surface area contributed by atoms with Crippen LogP contribution in [0.5, 0.6) is 0 Å². The molecule has 7 heteroatoms. The molecule has 1 saturated heterocycles. The Morgan fingerprint density at radius 1 is 1.45 bits per heavy atom. The van der Waals surface area contributed by atoms with E-state index in [-0.39, 0.29) is 6.54 Å². The van der Waals surface area contributed by atoms with Gasteiger partial charge in [0.1, 0.15) is 0 Å². The van der Waals surface area contributed by atoms with E-state index in [0.29, 0.717) is 25.1 Å². The number of carboxylic acids is 1. The van der Waals surface area contributed by atoms with Gasteiger partial charge < -0.3 is 5.11 Å². The number of nitrogens with one attached hydrogen (secondary N) is 1. The van der Waals surface area contributed by atoms with Crippen molar-refractivity contribution in [1.29, 1.82) is 0 Å². The van der Waals surface area contributed by atoms with Gasteiger partial charge in [-0.1, -0.05) is 12.1 Å². The van der Waals surface area contributed by atoms with Gasteiger partial charge in [0.25, 0.3) is 0 Å². The van der Waals surface area contributed by atoms with Crippen LogP contribution >= 0.6 is 0 Å². The molecular weight excluding hydrogens is 280 g/mol. The van der Waals surface area contributed by atoms with Gasteiger partial charge in [-0.3, -0.25) is 9.52 Å². The highest BCUT2D eigenvalue weighted by atomic mass is 32.2. The lowest BCUT2D eigenvalue weighted by Gasteiger charge is -2.29. The van der Waals surface area contributed by atoms with Gasteiger partial charge in [0.2, 0.25) is 0 Å². The molecule has 1 fully saturated rings. The summed E-state index contributed by atoms with van der Waals surface area (Å²) in [6, 6.07) is 7.04. The highest BCUT2D eigenvalue weighted by Gasteiger charge is 2.32. The van der Waals surface area contributed by atoms with Crippen LogP contribution in [-0.2, 0) is 15.0 Å². The van der Waals surface area contributed by atoms with Gasteiger partial charge in [0, 0.05) is 13.1 Å². The molecule has 1 heterocycles. The number of anilines is 1. The van der Waals surface area contributed by atoms with Crippen LogP contribution in [-0.4, -0.2) is 36.9 Å². The zero-order valence-electron chi connectivity index (χ0n) is 11.2.